The van der Waals surface area contributed by atoms with E-state index in [1.165, 1.54) is 12.1 Å². The second-order valence-corrected chi connectivity index (χ2v) is 8.19. The van der Waals surface area contributed by atoms with Gasteiger partial charge in [0.25, 0.3) is 11.8 Å². The van der Waals surface area contributed by atoms with Gasteiger partial charge in [-0.05, 0) is 63.5 Å². The minimum absolute atomic E-state index is 0.172. The second-order valence-electron chi connectivity index (χ2n) is 6.90. The van der Waals surface area contributed by atoms with Gasteiger partial charge in [0.05, 0.1) is 10.2 Å². The predicted octanol–water partition coefficient (Wildman–Crippen LogP) is 5.35. The number of urea groups is 1. The number of ether oxygens (including phenoxy) is 1. The summed E-state index contributed by atoms with van der Waals surface area (Å²) >= 11 is 9.45. The molecule has 0 saturated carbocycles. The van der Waals surface area contributed by atoms with Crippen LogP contribution in [-0.2, 0) is 16.2 Å². The molecule has 1 N–H and O–H groups in total. The summed E-state index contributed by atoms with van der Waals surface area (Å²) in [5.74, 6) is -0.883. The maximum Gasteiger partial charge on any atom is 0.335 e. The third-order valence-corrected chi connectivity index (χ3v) is 5.53. The van der Waals surface area contributed by atoms with E-state index in [0.29, 0.717) is 27.4 Å². The smallest absolute Gasteiger partial charge is 0.335 e. The number of barbiturate groups is 1. The van der Waals surface area contributed by atoms with E-state index in [1.807, 2.05) is 30.3 Å². The van der Waals surface area contributed by atoms with E-state index in [0.717, 1.165) is 10.5 Å². The van der Waals surface area contributed by atoms with Crippen molar-refractivity contribution in [3.05, 3.63) is 99.0 Å². The summed E-state index contributed by atoms with van der Waals surface area (Å²) in [5, 5.41) is 2.55. The Balaban J connectivity index is 1.57. The van der Waals surface area contributed by atoms with Crippen LogP contribution in [0.5, 0.6) is 5.75 Å². The minimum Gasteiger partial charge on any atom is -0.488 e. The van der Waals surface area contributed by atoms with Crippen LogP contribution in [0.15, 0.2) is 82.8 Å². The van der Waals surface area contributed by atoms with Gasteiger partial charge in [-0.3, -0.25) is 14.9 Å². The van der Waals surface area contributed by atoms with Crippen LogP contribution in [0.4, 0.5) is 10.5 Å². The molecule has 0 atom stereocenters. The summed E-state index contributed by atoms with van der Waals surface area (Å²) in [4.78, 5) is 38.5. The average molecular weight is 512 g/mol. The van der Waals surface area contributed by atoms with Crippen LogP contribution in [0.25, 0.3) is 6.08 Å². The Bertz CT molecular complexity index is 1240. The molecule has 0 unspecified atom stereocenters. The quantitative estimate of drug-likeness (QED) is 0.370. The van der Waals surface area contributed by atoms with Gasteiger partial charge >= 0.3 is 6.03 Å². The zero-order valence-corrected chi connectivity index (χ0v) is 18.9. The van der Waals surface area contributed by atoms with Gasteiger partial charge in [0.15, 0.2) is 0 Å². The summed E-state index contributed by atoms with van der Waals surface area (Å²) in [6, 6.07) is 20.4. The molecule has 0 aromatic heterocycles. The van der Waals surface area contributed by atoms with E-state index in [-0.39, 0.29) is 11.3 Å². The molecule has 1 heterocycles. The molecule has 160 valence electrons. The number of nitrogens with one attached hydrogen (secondary N) is 1. The molecule has 32 heavy (non-hydrogen) atoms. The van der Waals surface area contributed by atoms with Crippen LogP contribution in [0, 0.1) is 0 Å². The van der Waals surface area contributed by atoms with Crippen molar-refractivity contribution in [3.63, 3.8) is 0 Å². The highest BCUT2D eigenvalue weighted by atomic mass is 79.9. The number of anilines is 1. The molecule has 8 heteroatoms. The van der Waals surface area contributed by atoms with Crippen molar-refractivity contribution in [2.45, 2.75) is 6.61 Å². The number of amides is 4. The molecular weight excluding hydrogens is 496 g/mol. The topological polar surface area (TPSA) is 75.7 Å². The Hall–Kier alpha value is -3.42. The lowest BCUT2D eigenvalue weighted by Gasteiger charge is -2.26. The minimum atomic E-state index is -0.828. The fourth-order valence-corrected chi connectivity index (χ4v) is 3.83. The van der Waals surface area contributed by atoms with Crippen molar-refractivity contribution in [2.75, 3.05) is 4.90 Å². The maximum absolute atomic E-state index is 13.0. The number of nitrogens with zero attached hydrogens (tertiary/aromatic N) is 1. The number of hydrogen-bond donors (Lipinski definition) is 1. The van der Waals surface area contributed by atoms with Crippen LogP contribution in [-0.4, -0.2) is 17.8 Å². The Morgan fingerprint density at radius 2 is 1.75 bits per heavy atom. The van der Waals surface area contributed by atoms with Gasteiger partial charge in [-0.1, -0.05) is 54.1 Å². The van der Waals surface area contributed by atoms with Crippen LogP contribution < -0.4 is 15.0 Å². The second kappa shape index (κ2) is 9.38. The molecule has 0 spiro atoms. The molecule has 1 aliphatic rings. The SMILES string of the molecule is O=C1NC(=O)N(c2cccc(Cl)c2)C(=O)/C1=C/c1ccc(OCc2ccccc2)c(Br)c1. The first-order valence-corrected chi connectivity index (χ1v) is 10.7. The van der Waals surface area contributed by atoms with Crippen LogP contribution >= 0.6 is 27.5 Å². The Morgan fingerprint density at radius 3 is 2.47 bits per heavy atom. The standard InChI is InChI=1S/C24H16BrClN2O4/c25-20-12-16(9-10-21(20)32-14-15-5-2-1-3-6-15)11-19-22(29)27-24(31)28(23(19)30)18-8-4-7-17(26)13-18/h1-13H,14H2,(H,27,29,31)/b19-11+. The number of imide groups is 2. The van der Waals surface area contributed by atoms with Crippen LogP contribution in [0.3, 0.4) is 0 Å². The van der Waals surface area contributed by atoms with Crippen molar-refractivity contribution < 1.29 is 19.1 Å². The van der Waals surface area contributed by atoms with E-state index in [2.05, 4.69) is 21.2 Å². The van der Waals surface area contributed by atoms with Crippen molar-refractivity contribution >= 4 is 57.1 Å². The first-order chi connectivity index (χ1) is 15.4. The maximum atomic E-state index is 13.0. The number of halogens is 2. The highest BCUT2D eigenvalue weighted by Crippen LogP contribution is 2.29. The van der Waals surface area contributed by atoms with Gasteiger partial charge in [-0.25, -0.2) is 9.69 Å². The fraction of sp³-hybridized carbons (Fsp3) is 0.0417. The van der Waals surface area contributed by atoms with Crippen molar-refractivity contribution in [1.29, 1.82) is 0 Å². The highest BCUT2D eigenvalue weighted by molar-refractivity contribution is 9.10. The summed E-state index contributed by atoms with van der Waals surface area (Å²) in [5.41, 5.74) is 1.71. The van der Waals surface area contributed by atoms with Gasteiger partial charge in [0.1, 0.15) is 17.9 Å². The third kappa shape index (κ3) is 4.74. The molecular formula is C24H16BrClN2O4. The number of carbonyl (C=O) groups is 3. The van der Waals surface area contributed by atoms with Crippen molar-refractivity contribution in [2.24, 2.45) is 0 Å². The van der Waals surface area contributed by atoms with Gasteiger partial charge in [-0.15, -0.1) is 0 Å². The Labute approximate surface area is 197 Å². The summed E-state index contributed by atoms with van der Waals surface area (Å²) in [6.07, 6.45) is 1.42. The van der Waals surface area contributed by atoms with Gasteiger partial charge < -0.3 is 4.74 Å². The first kappa shape index (κ1) is 21.8. The first-order valence-electron chi connectivity index (χ1n) is 9.55. The molecule has 4 rings (SSSR count). The molecule has 3 aromatic carbocycles. The molecule has 1 fully saturated rings. The number of carbonyl (C=O) groups excluding carboxylic acids is 3. The molecule has 3 aromatic rings. The Kier molecular flexibility index (Phi) is 6.39. The van der Waals surface area contributed by atoms with E-state index in [9.17, 15) is 14.4 Å². The lowest BCUT2D eigenvalue weighted by molar-refractivity contribution is -0.122. The summed E-state index contributed by atoms with van der Waals surface area (Å²) in [6.45, 7) is 0.400. The van der Waals surface area contributed by atoms with Gasteiger partial charge in [-0.2, -0.15) is 0 Å². The monoisotopic (exact) mass is 510 g/mol. The van der Waals surface area contributed by atoms with Crippen LogP contribution in [0.1, 0.15) is 11.1 Å². The number of benzene rings is 3. The third-order valence-electron chi connectivity index (χ3n) is 4.67. The largest absolute Gasteiger partial charge is 0.488 e. The normalized spacial score (nSPS) is 15.1. The molecule has 1 saturated heterocycles. The fourth-order valence-electron chi connectivity index (χ4n) is 3.13. The number of rotatable bonds is 5. The molecule has 1 aliphatic heterocycles. The van der Waals surface area contributed by atoms with Gasteiger partial charge in [0.2, 0.25) is 0 Å². The molecule has 6 nitrogen and oxygen atoms in total. The summed E-state index contributed by atoms with van der Waals surface area (Å²) in [7, 11) is 0. The molecule has 0 aliphatic carbocycles. The molecule has 0 bridgehead atoms. The Morgan fingerprint density at radius 1 is 0.969 bits per heavy atom. The van der Waals surface area contributed by atoms with E-state index >= 15 is 0 Å². The van der Waals surface area contributed by atoms with Crippen molar-refractivity contribution in [3.8, 4) is 5.75 Å². The van der Waals surface area contributed by atoms with E-state index in [1.54, 1.807) is 36.4 Å². The summed E-state index contributed by atoms with van der Waals surface area (Å²) < 4.78 is 6.49. The zero-order valence-electron chi connectivity index (χ0n) is 16.5. The molecule has 4 amide bonds. The number of hydrogen-bond acceptors (Lipinski definition) is 4. The lowest BCUT2D eigenvalue weighted by atomic mass is 10.1. The predicted molar refractivity (Wildman–Crippen MR) is 125 cm³/mol. The van der Waals surface area contributed by atoms with Crippen molar-refractivity contribution in [1.82, 2.24) is 5.32 Å². The lowest BCUT2D eigenvalue weighted by Crippen LogP contribution is -2.54. The van der Waals surface area contributed by atoms with Gasteiger partial charge in [0, 0.05) is 5.02 Å². The molecule has 0 radical (unpaired) electrons. The van der Waals surface area contributed by atoms with E-state index in [4.69, 9.17) is 16.3 Å². The van der Waals surface area contributed by atoms with E-state index < -0.39 is 17.8 Å². The zero-order chi connectivity index (χ0) is 22.7. The highest BCUT2D eigenvalue weighted by Gasteiger charge is 2.36. The average Bonchev–Trinajstić information content (AvgIpc) is 2.77. The van der Waals surface area contributed by atoms with Crippen LogP contribution in [0.2, 0.25) is 5.02 Å².